The summed E-state index contributed by atoms with van der Waals surface area (Å²) >= 11 is 0. The number of carbonyl (C=O) groups excluding carboxylic acids is 2. The molecule has 1 atom stereocenters. The molecule has 3 N–H and O–H groups in total. The average molecular weight is 489 g/mol. The van der Waals surface area contributed by atoms with Gasteiger partial charge in [-0.05, 0) is 86.3 Å². The molecule has 1 aromatic heterocycles. The number of aliphatic hydroxyl groups is 1. The molecule has 2 amide bonds. The molecular formula is C29H36N4O3. The van der Waals surface area contributed by atoms with Gasteiger partial charge in [-0.15, -0.1) is 0 Å². The largest absolute Gasteiger partial charge is 0.394 e. The summed E-state index contributed by atoms with van der Waals surface area (Å²) in [5.41, 5.74) is 5.25. The van der Waals surface area contributed by atoms with Crippen LogP contribution in [0.4, 0.5) is 0 Å². The Morgan fingerprint density at radius 2 is 1.83 bits per heavy atom. The maximum Gasteiger partial charge on any atom is 0.251 e. The Balaban J connectivity index is 1.52. The van der Waals surface area contributed by atoms with Gasteiger partial charge in [-0.2, -0.15) is 0 Å². The molecule has 0 bridgehead atoms. The van der Waals surface area contributed by atoms with Crippen molar-refractivity contribution in [2.24, 2.45) is 0 Å². The fourth-order valence-corrected chi connectivity index (χ4v) is 5.04. The van der Waals surface area contributed by atoms with Crippen molar-refractivity contribution in [3.8, 4) is 0 Å². The van der Waals surface area contributed by atoms with Gasteiger partial charge in [0.25, 0.3) is 5.91 Å². The van der Waals surface area contributed by atoms with Gasteiger partial charge in [-0.25, -0.2) is 0 Å². The first kappa shape index (κ1) is 25.8. The van der Waals surface area contributed by atoms with E-state index >= 15 is 0 Å². The number of allylic oxidation sites excluding steroid dienone is 1. The molecule has 0 saturated heterocycles. The highest BCUT2D eigenvalue weighted by Gasteiger charge is 2.24. The van der Waals surface area contributed by atoms with E-state index in [-0.39, 0.29) is 24.5 Å². The summed E-state index contributed by atoms with van der Waals surface area (Å²) in [6, 6.07) is 10.8. The summed E-state index contributed by atoms with van der Waals surface area (Å²) in [5.74, 6) is -0.291. The quantitative estimate of drug-likeness (QED) is 0.501. The highest BCUT2D eigenvalue weighted by atomic mass is 16.3. The van der Waals surface area contributed by atoms with Crippen LogP contribution in [-0.4, -0.2) is 60.1 Å². The molecule has 1 aromatic carbocycles. The predicted molar refractivity (Wildman–Crippen MR) is 141 cm³/mol. The Labute approximate surface area is 213 Å². The molecule has 2 aromatic rings. The van der Waals surface area contributed by atoms with E-state index in [9.17, 15) is 14.7 Å². The lowest BCUT2D eigenvalue weighted by Gasteiger charge is -2.24. The van der Waals surface area contributed by atoms with Crippen LogP contribution in [0.15, 0.2) is 66.0 Å². The van der Waals surface area contributed by atoms with Crippen LogP contribution in [0.3, 0.4) is 0 Å². The lowest BCUT2D eigenvalue weighted by Crippen LogP contribution is -2.34. The normalized spacial score (nSPS) is 17.2. The fraction of sp³-hybridized carbons (Fsp3) is 0.414. The molecule has 0 spiro atoms. The SMILES string of the molecule is CN(C)CC1=C(C(=O)N[C@H](CO)c2cccc(C(=O)NC3CCCC3)c2)CCC(c2ccncc2)=C1. The molecule has 4 rings (SSSR count). The number of carbonyl (C=O) groups is 2. The van der Waals surface area contributed by atoms with Gasteiger partial charge in [0.1, 0.15) is 0 Å². The fourth-order valence-electron chi connectivity index (χ4n) is 5.04. The highest BCUT2D eigenvalue weighted by Crippen LogP contribution is 2.31. The van der Waals surface area contributed by atoms with E-state index in [1.807, 2.05) is 37.2 Å². The molecule has 36 heavy (non-hydrogen) atoms. The van der Waals surface area contributed by atoms with Gasteiger partial charge < -0.3 is 20.6 Å². The first-order valence-electron chi connectivity index (χ1n) is 12.7. The van der Waals surface area contributed by atoms with Crippen LogP contribution in [0.5, 0.6) is 0 Å². The third kappa shape index (κ3) is 6.47. The smallest absolute Gasteiger partial charge is 0.251 e. The van der Waals surface area contributed by atoms with Gasteiger partial charge in [-0.3, -0.25) is 14.6 Å². The standard InChI is InChI=1S/C29H36N4O3/c1-33(2)18-24-16-21(20-12-14-30-15-13-20)10-11-26(24)29(36)32-27(19-34)22-6-5-7-23(17-22)28(35)31-25-8-3-4-9-25/h5-7,12-17,25,27,34H,3-4,8-11,18-19H2,1-2H3,(H,31,35)(H,32,36)/t27-/m1/s1. The maximum atomic E-state index is 13.4. The Morgan fingerprint density at radius 1 is 1.08 bits per heavy atom. The van der Waals surface area contributed by atoms with E-state index in [1.54, 1.807) is 30.6 Å². The number of nitrogens with one attached hydrogen (secondary N) is 2. The number of aromatic nitrogens is 1. The zero-order valence-corrected chi connectivity index (χ0v) is 21.2. The average Bonchev–Trinajstić information content (AvgIpc) is 3.40. The topological polar surface area (TPSA) is 94.6 Å². The molecule has 2 aliphatic rings. The number of benzene rings is 1. The van der Waals surface area contributed by atoms with Crippen molar-refractivity contribution >= 4 is 17.4 Å². The Bertz CT molecular complexity index is 1130. The first-order chi connectivity index (χ1) is 17.4. The monoisotopic (exact) mass is 488 g/mol. The molecule has 0 unspecified atom stereocenters. The highest BCUT2D eigenvalue weighted by molar-refractivity contribution is 5.97. The lowest BCUT2D eigenvalue weighted by molar-refractivity contribution is -0.118. The molecule has 0 aliphatic heterocycles. The van der Waals surface area contributed by atoms with Gasteiger partial charge in [0.05, 0.1) is 12.6 Å². The molecule has 1 heterocycles. The zero-order valence-electron chi connectivity index (χ0n) is 21.2. The van der Waals surface area contributed by atoms with Gasteiger partial charge in [0.2, 0.25) is 5.91 Å². The van der Waals surface area contributed by atoms with Crippen LogP contribution < -0.4 is 10.6 Å². The zero-order chi connectivity index (χ0) is 25.5. The second kappa shape index (κ2) is 12.1. The second-order valence-corrected chi connectivity index (χ2v) is 9.94. The van der Waals surface area contributed by atoms with Crippen LogP contribution in [0.25, 0.3) is 5.57 Å². The minimum Gasteiger partial charge on any atom is -0.394 e. The van der Waals surface area contributed by atoms with Crippen LogP contribution in [0.2, 0.25) is 0 Å². The summed E-state index contributed by atoms with van der Waals surface area (Å²) in [6.07, 6.45) is 11.4. The number of amides is 2. The summed E-state index contributed by atoms with van der Waals surface area (Å²) in [5, 5.41) is 16.2. The van der Waals surface area contributed by atoms with E-state index in [0.717, 1.165) is 48.8 Å². The minimum absolute atomic E-state index is 0.108. The number of hydrogen-bond acceptors (Lipinski definition) is 5. The van der Waals surface area contributed by atoms with Gasteiger partial charge >= 0.3 is 0 Å². The molecule has 7 nitrogen and oxygen atoms in total. The van der Waals surface area contributed by atoms with E-state index < -0.39 is 6.04 Å². The number of aliphatic hydroxyl groups excluding tert-OH is 1. The Kier molecular flexibility index (Phi) is 8.67. The van der Waals surface area contributed by atoms with Crippen molar-refractivity contribution in [1.29, 1.82) is 0 Å². The summed E-state index contributed by atoms with van der Waals surface area (Å²) in [4.78, 5) is 32.3. The van der Waals surface area contributed by atoms with E-state index in [0.29, 0.717) is 24.1 Å². The van der Waals surface area contributed by atoms with Crippen LogP contribution in [-0.2, 0) is 4.79 Å². The minimum atomic E-state index is -0.601. The summed E-state index contributed by atoms with van der Waals surface area (Å²) in [6.45, 7) is 0.381. The number of rotatable bonds is 9. The first-order valence-corrected chi connectivity index (χ1v) is 12.7. The van der Waals surface area contributed by atoms with Crippen molar-refractivity contribution in [3.05, 3.63) is 82.7 Å². The van der Waals surface area contributed by atoms with Gasteiger partial charge in [0, 0.05) is 36.1 Å². The summed E-state index contributed by atoms with van der Waals surface area (Å²) in [7, 11) is 3.96. The Morgan fingerprint density at radius 3 is 2.53 bits per heavy atom. The van der Waals surface area contributed by atoms with Crippen molar-refractivity contribution in [1.82, 2.24) is 20.5 Å². The van der Waals surface area contributed by atoms with Crippen LogP contribution in [0.1, 0.15) is 66.1 Å². The number of nitrogens with zero attached hydrogens (tertiary/aromatic N) is 2. The van der Waals surface area contributed by atoms with E-state index in [1.165, 1.54) is 5.57 Å². The van der Waals surface area contributed by atoms with Crippen LogP contribution >= 0.6 is 0 Å². The second-order valence-electron chi connectivity index (χ2n) is 9.94. The van der Waals surface area contributed by atoms with Crippen molar-refractivity contribution in [2.75, 3.05) is 27.2 Å². The molecule has 1 fully saturated rings. The van der Waals surface area contributed by atoms with Crippen LogP contribution in [0, 0.1) is 0 Å². The third-order valence-electron chi connectivity index (χ3n) is 6.92. The molecule has 0 radical (unpaired) electrons. The molecule has 7 heteroatoms. The number of likely N-dealkylation sites (N-methyl/N-ethyl adjacent to an activating group) is 1. The molecule has 190 valence electrons. The van der Waals surface area contributed by atoms with E-state index in [4.69, 9.17) is 0 Å². The molecular weight excluding hydrogens is 452 g/mol. The number of hydrogen-bond donors (Lipinski definition) is 3. The molecule has 2 aliphatic carbocycles. The van der Waals surface area contributed by atoms with Crippen molar-refractivity contribution in [2.45, 2.75) is 50.6 Å². The third-order valence-corrected chi connectivity index (χ3v) is 6.92. The van der Waals surface area contributed by atoms with Gasteiger partial charge in [0.15, 0.2) is 0 Å². The molecule has 1 saturated carbocycles. The summed E-state index contributed by atoms with van der Waals surface area (Å²) < 4.78 is 0. The van der Waals surface area contributed by atoms with Gasteiger partial charge in [-0.1, -0.05) is 31.1 Å². The predicted octanol–water partition coefficient (Wildman–Crippen LogP) is 3.64. The van der Waals surface area contributed by atoms with Crippen molar-refractivity contribution < 1.29 is 14.7 Å². The number of pyridine rings is 1. The maximum absolute atomic E-state index is 13.4. The Hall–Kier alpha value is -3.29. The lowest BCUT2D eigenvalue weighted by atomic mass is 9.88. The van der Waals surface area contributed by atoms with Crippen molar-refractivity contribution in [3.63, 3.8) is 0 Å². The van der Waals surface area contributed by atoms with E-state index in [2.05, 4.69) is 21.7 Å².